The van der Waals surface area contributed by atoms with Gasteiger partial charge in [-0.25, -0.2) is 4.39 Å². The van der Waals surface area contributed by atoms with Crippen LogP contribution in [0.5, 0.6) is 5.75 Å². The molecule has 0 amide bonds. The van der Waals surface area contributed by atoms with Crippen molar-refractivity contribution in [2.24, 2.45) is 0 Å². The van der Waals surface area contributed by atoms with E-state index in [1.807, 2.05) is 0 Å². The number of ether oxygens (including phenoxy) is 1. The third-order valence-electron chi connectivity index (χ3n) is 2.22. The second kappa shape index (κ2) is 4.19. The van der Waals surface area contributed by atoms with E-state index in [0.29, 0.717) is 10.6 Å². The summed E-state index contributed by atoms with van der Waals surface area (Å²) < 4.78 is 19.3. The first kappa shape index (κ1) is 10.4. The van der Waals surface area contributed by atoms with Crippen LogP contribution >= 0.6 is 31.9 Å². The summed E-state index contributed by atoms with van der Waals surface area (Å²) in [4.78, 5) is 0.555. The summed E-state index contributed by atoms with van der Waals surface area (Å²) in [6, 6.07) is 4.48. The summed E-state index contributed by atoms with van der Waals surface area (Å²) in [7, 11) is 0. The molecule has 1 aliphatic rings. The van der Waals surface area contributed by atoms with Crippen LogP contribution in [0.2, 0.25) is 0 Å². The van der Waals surface area contributed by atoms with E-state index in [0.717, 1.165) is 17.3 Å². The van der Waals surface area contributed by atoms with Crippen molar-refractivity contribution in [3.63, 3.8) is 0 Å². The summed E-state index contributed by atoms with van der Waals surface area (Å²) in [6.45, 7) is 0. The lowest BCUT2D eigenvalue weighted by molar-refractivity contribution is 0.127. The van der Waals surface area contributed by atoms with E-state index in [2.05, 4.69) is 31.9 Å². The molecule has 1 aliphatic carbocycles. The first-order chi connectivity index (χ1) is 6.65. The molecule has 2 rings (SSSR count). The second-order valence-corrected chi connectivity index (χ2v) is 5.53. The molecule has 0 bridgehead atoms. The van der Waals surface area contributed by atoms with Gasteiger partial charge in [0.25, 0.3) is 0 Å². The standard InChI is InChI=1S/C10H9Br2FO/c11-6-3-8(4-6)14-10-5-7(13)1-2-9(10)12/h1-2,5-6,8H,3-4H2. The van der Waals surface area contributed by atoms with E-state index in [1.54, 1.807) is 6.07 Å². The van der Waals surface area contributed by atoms with E-state index in [1.165, 1.54) is 12.1 Å². The highest BCUT2D eigenvalue weighted by atomic mass is 79.9. The third kappa shape index (κ3) is 2.28. The number of rotatable bonds is 2. The van der Waals surface area contributed by atoms with Crippen molar-refractivity contribution in [3.8, 4) is 5.75 Å². The molecular weight excluding hydrogens is 315 g/mol. The molecule has 1 fully saturated rings. The van der Waals surface area contributed by atoms with Crippen LogP contribution in [0, 0.1) is 5.82 Å². The fourth-order valence-corrected chi connectivity index (χ4v) is 2.52. The van der Waals surface area contributed by atoms with Crippen molar-refractivity contribution in [3.05, 3.63) is 28.5 Å². The molecular formula is C10H9Br2FO. The van der Waals surface area contributed by atoms with Crippen LogP contribution in [0.4, 0.5) is 4.39 Å². The quantitative estimate of drug-likeness (QED) is 0.750. The average molecular weight is 324 g/mol. The van der Waals surface area contributed by atoms with Crippen LogP contribution in [0.25, 0.3) is 0 Å². The van der Waals surface area contributed by atoms with Crippen molar-refractivity contribution in [2.45, 2.75) is 23.8 Å². The summed E-state index contributed by atoms with van der Waals surface area (Å²) in [5.74, 6) is 0.326. The molecule has 0 heterocycles. The lowest BCUT2D eigenvalue weighted by Crippen LogP contribution is -2.34. The Bertz CT molecular complexity index is 337. The van der Waals surface area contributed by atoms with E-state index in [-0.39, 0.29) is 11.9 Å². The van der Waals surface area contributed by atoms with Crippen molar-refractivity contribution in [1.82, 2.24) is 0 Å². The van der Waals surface area contributed by atoms with Crippen molar-refractivity contribution in [2.75, 3.05) is 0 Å². The SMILES string of the molecule is Fc1ccc(Br)c(OC2CC(Br)C2)c1. The van der Waals surface area contributed by atoms with Gasteiger partial charge >= 0.3 is 0 Å². The Morgan fingerprint density at radius 3 is 2.71 bits per heavy atom. The number of alkyl halides is 1. The van der Waals surface area contributed by atoms with Gasteiger partial charge in [0.1, 0.15) is 17.7 Å². The fourth-order valence-electron chi connectivity index (χ4n) is 1.34. The zero-order valence-electron chi connectivity index (χ0n) is 7.34. The summed E-state index contributed by atoms with van der Waals surface area (Å²) in [5, 5.41) is 0. The summed E-state index contributed by atoms with van der Waals surface area (Å²) in [6.07, 6.45) is 2.20. The van der Waals surface area contributed by atoms with Crippen LogP contribution in [0.1, 0.15) is 12.8 Å². The molecule has 4 heteroatoms. The molecule has 14 heavy (non-hydrogen) atoms. The topological polar surface area (TPSA) is 9.23 Å². The van der Waals surface area contributed by atoms with Gasteiger partial charge in [-0.05, 0) is 40.9 Å². The second-order valence-electron chi connectivity index (χ2n) is 3.38. The Morgan fingerprint density at radius 2 is 2.07 bits per heavy atom. The predicted octanol–water partition coefficient (Wildman–Crippen LogP) is 3.89. The van der Waals surface area contributed by atoms with E-state index in [9.17, 15) is 4.39 Å². The Hall–Kier alpha value is -0.0900. The first-order valence-corrected chi connectivity index (χ1v) is 6.12. The van der Waals surface area contributed by atoms with Crippen LogP contribution in [0.3, 0.4) is 0 Å². The summed E-state index contributed by atoms with van der Waals surface area (Å²) >= 11 is 6.81. The van der Waals surface area contributed by atoms with Crippen molar-refractivity contribution < 1.29 is 9.13 Å². The smallest absolute Gasteiger partial charge is 0.136 e. The van der Waals surface area contributed by atoms with Gasteiger partial charge in [0, 0.05) is 10.9 Å². The minimum Gasteiger partial charge on any atom is -0.489 e. The minimum atomic E-state index is -0.266. The molecule has 0 unspecified atom stereocenters. The van der Waals surface area contributed by atoms with Gasteiger partial charge in [0.15, 0.2) is 0 Å². The van der Waals surface area contributed by atoms with Gasteiger partial charge < -0.3 is 4.74 Å². The number of hydrogen-bond donors (Lipinski definition) is 0. The van der Waals surface area contributed by atoms with Crippen LogP contribution < -0.4 is 4.74 Å². The normalized spacial score (nSPS) is 25.6. The largest absolute Gasteiger partial charge is 0.489 e. The third-order valence-corrected chi connectivity index (χ3v) is 3.63. The molecule has 0 atom stereocenters. The molecule has 0 saturated heterocycles. The van der Waals surface area contributed by atoms with Gasteiger partial charge in [0.05, 0.1) is 4.47 Å². The number of benzene rings is 1. The number of hydrogen-bond acceptors (Lipinski definition) is 1. The van der Waals surface area contributed by atoms with Crippen molar-refractivity contribution >= 4 is 31.9 Å². The molecule has 0 aliphatic heterocycles. The van der Waals surface area contributed by atoms with Crippen LogP contribution in [-0.2, 0) is 0 Å². The van der Waals surface area contributed by atoms with Crippen molar-refractivity contribution in [1.29, 1.82) is 0 Å². The molecule has 0 N–H and O–H groups in total. The lowest BCUT2D eigenvalue weighted by Gasteiger charge is -2.31. The zero-order chi connectivity index (χ0) is 10.1. The van der Waals surface area contributed by atoms with Crippen LogP contribution in [-0.4, -0.2) is 10.9 Å². The lowest BCUT2D eigenvalue weighted by atomic mass is 9.96. The van der Waals surface area contributed by atoms with Crippen LogP contribution in [0.15, 0.2) is 22.7 Å². The molecule has 0 aromatic heterocycles. The maximum atomic E-state index is 12.9. The Kier molecular flexibility index (Phi) is 3.12. The summed E-state index contributed by atoms with van der Waals surface area (Å²) in [5.41, 5.74) is 0. The molecule has 76 valence electrons. The van der Waals surface area contributed by atoms with E-state index in [4.69, 9.17) is 4.74 Å². The highest BCUT2D eigenvalue weighted by molar-refractivity contribution is 9.10. The van der Waals surface area contributed by atoms with Gasteiger partial charge in [-0.2, -0.15) is 0 Å². The molecule has 1 nitrogen and oxygen atoms in total. The predicted molar refractivity (Wildman–Crippen MR) is 60.5 cm³/mol. The van der Waals surface area contributed by atoms with E-state index < -0.39 is 0 Å². The van der Waals surface area contributed by atoms with Gasteiger partial charge in [-0.1, -0.05) is 15.9 Å². The average Bonchev–Trinajstić information content (AvgIpc) is 2.09. The maximum absolute atomic E-state index is 12.9. The Labute approximate surface area is 98.9 Å². The minimum absolute atomic E-state index is 0.220. The Balaban J connectivity index is 2.05. The molecule has 1 saturated carbocycles. The van der Waals surface area contributed by atoms with E-state index >= 15 is 0 Å². The highest BCUT2D eigenvalue weighted by Gasteiger charge is 2.29. The maximum Gasteiger partial charge on any atom is 0.136 e. The van der Waals surface area contributed by atoms with Gasteiger partial charge in [-0.3, -0.25) is 0 Å². The monoisotopic (exact) mass is 322 g/mol. The molecule has 0 spiro atoms. The molecule has 1 aromatic rings. The molecule has 1 aromatic carbocycles. The highest BCUT2D eigenvalue weighted by Crippen LogP contribution is 2.34. The van der Waals surface area contributed by atoms with Gasteiger partial charge in [0.2, 0.25) is 0 Å². The zero-order valence-corrected chi connectivity index (χ0v) is 10.5. The van der Waals surface area contributed by atoms with Gasteiger partial charge in [-0.15, -0.1) is 0 Å². The first-order valence-electron chi connectivity index (χ1n) is 4.41. The fraction of sp³-hybridized carbons (Fsp3) is 0.400. The Morgan fingerprint density at radius 1 is 1.36 bits per heavy atom. The number of halogens is 3. The molecule has 0 radical (unpaired) electrons.